The van der Waals surface area contributed by atoms with Crippen molar-refractivity contribution in [2.24, 2.45) is 0 Å². The van der Waals surface area contributed by atoms with Gasteiger partial charge in [0.05, 0.1) is 5.39 Å². The van der Waals surface area contributed by atoms with Gasteiger partial charge in [0.2, 0.25) is 11.5 Å². The predicted molar refractivity (Wildman–Crippen MR) is 59.5 cm³/mol. The highest BCUT2D eigenvalue weighted by Crippen LogP contribution is 2.26. The van der Waals surface area contributed by atoms with Gasteiger partial charge in [0.1, 0.15) is 0 Å². The number of hydrogen-bond acceptors (Lipinski definition) is 4. The van der Waals surface area contributed by atoms with Crippen LogP contribution in [-0.4, -0.2) is 16.1 Å². The smallest absolute Gasteiger partial charge is 0.371 e. The summed E-state index contributed by atoms with van der Waals surface area (Å²) in [4.78, 5) is 15.0. The van der Waals surface area contributed by atoms with Crippen LogP contribution in [0.15, 0.2) is 16.5 Å². The Bertz CT molecular complexity index is 558. The minimum absolute atomic E-state index is 0.143. The van der Waals surface area contributed by atoms with Crippen molar-refractivity contribution in [2.75, 3.05) is 5.73 Å². The molecule has 5 nitrogen and oxygen atoms in total. The fourth-order valence-corrected chi connectivity index (χ4v) is 1.46. The van der Waals surface area contributed by atoms with Gasteiger partial charge in [-0.25, -0.2) is 9.78 Å². The molecule has 84 valence electrons. The highest BCUT2D eigenvalue weighted by Gasteiger charge is 2.15. The Kier molecular flexibility index (Phi) is 2.30. The third-order valence-corrected chi connectivity index (χ3v) is 2.36. The van der Waals surface area contributed by atoms with Crippen LogP contribution in [0.25, 0.3) is 11.1 Å². The molecule has 2 aromatic heterocycles. The number of fused-ring (bicyclic) bond motifs is 1. The van der Waals surface area contributed by atoms with Gasteiger partial charge in [0.25, 0.3) is 0 Å². The highest BCUT2D eigenvalue weighted by atomic mass is 16.4. The standard InChI is InChI=1S/C11H12N2O3/c1-5(2)8-4-7(12)6-3-9(11(14)15)16-10(6)13-8/h3-5H,1-2H3,(H2,12,13)(H,14,15). The van der Waals surface area contributed by atoms with Crippen molar-refractivity contribution in [1.29, 1.82) is 0 Å². The lowest BCUT2D eigenvalue weighted by Crippen LogP contribution is -1.95. The number of carboxylic acids is 1. The van der Waals surface area contributed by atoms with Crippen molar-refractivity contribution in [3.05, 3.63) is 23.6 Å². The summed E-state index contributed by atoms with van der Waals surface area (Å²) in [6.07, 6.45) is 0. The van der Waals surface area contributed by atoms with Gasteiger partial charge in [-0.3, -0.25) is 0 Å². The number of furan rings is 1. The Balaban J connectivity index is 2.68. The average molecular weight is 220 g/mol. The van der Waals surface area contributed by atoms with Crippen LogP contribution in [0, 0.1) is 0 Å². The third-order valence-electron chi connectivity index (χ3n) is 2.36. The summed E-state index contributed by atoms with van der Waals surface area (Å²) in [5.74, 6) is -1.05. The Morgan fingerprint density at radius 3 is 2.75 bits per heavy atom. The number of aromatic carboxylic acids is 1. The molecule has 0 amide bonds. The zero-order valence-corrected chi connectivity index (χ0v) is 9.02. The van der Waals surface area contributed by atoms with Gasteiger partial charge < -0.3 is 15.3 Å². The number of aromatic nitrogens is 1. The van der Waals surface area contributed by atoms with E-state index in [-0.39, 0.29) is 17.4 Å². The van der Waals surface area contributed by atoms with E-state index in [1.165, 1.54) is 6.07 Å². The summed E-state index contributed by atoms with van der Waals surface area (Å²) >= 11 is 0. The van der Waals surface area contributed by atoms with E-state index in [2.05, 4.69) is 4.98 Å². The van der Waals surface area contributed by atoms with Gasteiger partial charge in [0.15, 0.2) is 0 Å². The van der Waals surface area contributed by atoms with Gasteiger partial charge in [-0.05, 0) is 12.0 Å². The molecule has 16 heavy (non-hydrogen) atoms. The van der Waals surface area contributed by atoms with Gasteiger partial charge in [-0.15, -0.1) is 0 Å². The Morgan fingerprint density at radius 1 is 1.50 bits per heavy atom. The van der Waals surface area contributed by atoms with Crippen molar-refractivity contribution in [2.45, 2.75) is 19.8 Å². The first kappa shape index (κ1) is 10.5. The molecule has 0 unspecified atom stereocenters. The molecule has 0 aliphatic heterocycles. The lowest BCUT2D eigenvalue weighted by molar-refractivity contribution is 0.0664. The Morgan fingerprint density at radius 2 is 2.19 bits per heavy atom. The number of anilines is 1. The molecule has 0 saturated heterocycles. The zero-order chi connectivity index (χ0) is 11.9. The van der Waals surface area contributed by atoms with Crippen LogP contribution in [0.4, 0.5) is 5.69 Å². The molecule has 2 heterocycles. The predicted octanol–water partition coefficient (Wildman–Crippen LogP) is 2.23. The number of carboxylic acid groups (broad SMARTS) is 1. The number of nitrogen functional groups attached to an aromatic ring is 1. The van der Waals surface area contributed by atoms with Crippen LogP contribution in [-0.2, 0) is 0 Å². The van der Waals surface area contributed by atoms with Gasteiger partial charge >= 0.3 is 5.97 Å². The van der Waals surface area contributed by atoms with Crippen LogP contribution in [0.2, 0.25) is 0 Å². The van der Waals surface area contributed by atoms with Crippen molar-refractivity contribution < 1.29 is 14.3 Å². The number of carbonyl (C=O) groups is 1. The molecule has 0 aromatic carbocycles. The summed E-state index contributed by atoms with van der Waals surface area (Å²) in [5, 5.41) is 9.34. The maximum atomic E-state index is 10.7. The summed E-state index contributed by atoms with van der Waals surface area (Å²) in [6.45, 7) is 3.96. The second kappa shape index (κ2) is 3.52. The van der Waals surface area contributed by atoms with E-state index in [0.29, 0.717) is 11.1 Å². The second-order valence-electron chi connectivity index (χ2n) is 3.93. The molecular weight excluding hydrogens is 208 g/mol. The van der Waals surface area contributed by atoms with E-state index < -0.39 is 5.97 Å². The first-order valence-electron chi connectivity index (χ1n) is 4.92. The lowest BCUT2D eigenvalue weighted by atomic mass is 10.1. The molecule has 0 saturated carbocycles. The lowest BCUT2D eigenvalue weighted by Gasteiger charge is -2.04. The highest BCUT2D eigenvalue weighted by molar-refractivity contribution is 5.95. The molecule has 0 bridgehead atoms. The van der Waals surface area contributed by atoms with Crippen LogP contribution in [0.1, 0.15) is 36.0 Å². The molecular formula is C11H12N2O3. The fraction of sp³-hybridized carbons (Fsp3) is 0.273. The van der Waals surface area contributed by atoms with E-state index in [4.69, 9.17) is 15.3 Å². The van der Waals surface area contributed by atoms with E-state index in [9.17, 15) is 4.79 Å². The molecule has 0 aliphatic rings. The number of pyridine rings is 1. The number of hydrogen-bond donors (Lipinski definition) is 2. The fourth-order valence-electron chi connectivity index (χ4n) is 1.46. The maximum Gasteiger partial charge on any atom is 0.371 e. The maximum absolute atomic E-state index is 10.7. The monoisotopic (exact) mass is 220 g/mol. The largest absolute Gasteiger partial charge is 0.475 e. The van der Waals surface area contributed by atoms with E-state index >= 15 is 0 Å². The second-order valence-corrected chi connectivity index (χ2v) is 3.93. The number of rotatable bonds is 2. The van der Waals surface area contributed by atoms with E-state index in [1.807, 2.05) is 13.8 Å². The summed E-state index contributed by atoms with van der Waals surface area (Å²) in [7, 11) is 0. The van der Waals surface area contributed by atoms with Crippen molar-refractivity contribution in [3.8, 4) is 0 Å². The normalized spacial score (nSPS) is 11.2. The third kappa shape index (κ3) is 1.60. The molecule has 5 heteroatoms. The molecule has 2 aromatic rings. The summed E-state index contributed by atoms with van der Waals surface area (Å²) < 4.78 is 5.11. The molecule has 0 spiro atoms. The van der Waals surface area contributed by atoms with Gasteiger partial charge in [-0.2, -0.15) is 0 Å². The van der Waals surface area contributed by atoms with Crippen molar-refractivity contribution >= 4 is 22.8 Å². The minimum atomic E-state index is -1.12. The zero-order valence-electron chi connectivity index (χ0n) is 9.02. The summed E-state index contributed by atoms with van der Waals surface area (Å²) in [5.41, 5.74) is 7.37. The number of nitrogens with two attached hydrogens (primary N) is 1. The minimum Gasteiger partial charge on any atom is -0.475 e. The first-order chi connectivity index (χ1) is 7.49. The Hall–Kier alpha value is -2.04. The van der Waals surface area contributed by atoms with Crippen LogP contribution in [0.5, 0.6) is 0 Å². The molecule has 0 fully saturated rings. The van der Waals surface area contributed by atoms with Gasteiger partial charge in [0, 0.05) is 17.4 Å². The molecule has 2 rings (SSSR count). The van der Waals surface area contributed by atoms with Gasteiger partial charge in [-0.1, -0.05) is 13.8 Å². The van der Waals surface area contributed by atoms with Crippen molar-refractivity contribution in [3.63, 3.8) is 0 Å². The van der Waals surface area contributed by atoms with E-state index in [1.54, 1.807) is 6.07 Å². The topological polar surface area (TPSA) is 89.4 Å². The number of nitrogens with zero attached hydrogens (tertiary/aromatic N) is 1. The van der Waals surface area contributed by atoms with Crippen LogP contribution < -0.4 is 5.73 Å². The van der Waals surface area contributed by atoms with Crippen LogP contribution in [0.3, 0.4) is 0 Å². The Labute approximate surface area is 91.9 Å². The van der Waals surface area contributed by atoms with E-state index in [0.717, 1.165) is 5.69 Å². The quantitative estimate of drug-likeness (QED) is 0.809. The molecule has 0 atom stereocenters. The van der Waals surface area contributed by atoms with Crippen LogP contribution >= 0.6 is 0 Å². The SMILES string of the molecule is CC(C)c1cc(N)c2cc(C(=O)O)oc2n1. The molecule has 3 N–H and O–H groups in total. The average Bonchev–Trinajstić information content (AvgIpc) is 2.61. The first-order valence-corrected chi connectivity index (χ1v) is 4.92. The molecule has 0 aliphatic carbocycles. The summed E-state index contributed by atoms with van der Waals surface area (Å²) in [6, 6.07) is 3.14. The van der Waals surface area contributed by atoms with Crippen molar-refractivity contribution in [1.82, 2.24) is 4.98 Å². The molecule has 0 radical (unpaired) electrons.